The zero-order valence-corrected chi connectivity index (χ0v) is 15.7. The molecule has 0 aliphatic carbocycles. The topological polar surface area (TPSA) is 94.5 Å². The molecule has 1 amide bonds. The second kappa shape index (κ2) is 7.93. The van der Waals surface area contributed by atoms with Crippen LogP contribution in [-0.4, -0.2) is 52.7 Å². The molecule has 1 unspecified atom stereocenters. The predicted molar refractivity (Wildman–Crippen MR) is 99.5 cm³/mol. The van der Waals surface area contributed by atoms with Crippen molar-refractivity contribution in [1.29, 1.82) is 0 Å². The molecule has 4 rings (SSSR count). The van der Waals surface area contributed by atoms with Crippen LogP contribution in [0.3, 0.4) is 0 Å². The first-order chi connectivity index (χ1) is 13.7. The Labute approximate surface area is 162 Å². The Kier molecular flexibility index (Phi) is 5.21. The summed E-state index contributed by atoms with van der Waals surface area (Å²) in [6.07, 6.45) is 7.27. The maximum atomic E-state index is 12.8. The standard InChI is InChI=1S/C20H22N4O4/c1-26-13-8-20(19-22-17(28-23-19)15-5-9-21-10-6-15)7-3-11-24(14-20)18(25)16-4-2-12-27-16/h2,4-6,9-10,12H,3,7-8,11,13-14H2,1H3. The van der Waals surface area contributed by atoms with E-state index in [1.165, 1.54) is 6.26 Å². The van der Waals surface area contributed by atoms with Crippen LogP contribution in [0.2, 0.25) is 0 Å². The zero-order valence-electron chi connectivity index (χ0n) is 15.7. The van der Waals surface area contributed by atoms with Crippen LogP contribution in [-0.2, 0) is 10.2 Å². The van der Waals surface area contributed by atoms with Crippen molar-refractivity contribution in [3.63, 3.8) is 0 Å². The van der Waals surface area contributed by atoms with Crippen LogP contribution in [0.5, 0.6) is 0 Å². The molecular weight excluding hydrogens is 360 g/mol. The lowest BCUT2D eigenvalue weighted by molar-refractivity contribution is 0.0538. The lowest BCUT2D eigenvalue weighted by Gasteiger charge is -2.40. The van der Waals surface area contributed by atoms with Gasteiger partial charge in [0.05, 0.1) is 11.7 Å². The molecule has 8 heteroatoms. The van der Waals surface area contributed by atoms with Crippen molar-refractivity contribution in [2.75, 3.05) is 26.8 Å². The van der Waals surface area contributed by atoms with Crippen molar-refractivity contribution in [3.05, 3.63) is 54.5 Å². The van der Waals surface area contributed by atoms with Crippen LogP contribution in [0.15, 0.2) is 51.9 Å². The molecular formula is C20H22N4O4. The molecule has 1 aliphatic heterocycles. The summed E-state index contributed by atoms with van der Waals surface area (Å²) < 4.78 is 16.2. The average molecular weight is 382 g/mol. The number of amides is 1. The first-order valence-electron chi connectivity index (χ1n) is 9.28. The van der Waals surface area contributed by atoms with Crippen molar-refractivity contribution in [2.45, 2.75) is 24.7 Å². The van der Waals surface area contributed by atoms with Gasteiger partial charge in [-0.1, -0.05) is 5.16 Å². The molecule has 1 atom stereocenters. The maximum absolute atomic E-state index is 12.8. The SMILES string of the molecule is COCCC1(c2noc(-c3ccncc3)n2)CCCN(C(=O)c2ccco2)C1. The predicted octanol–water partition coefficient (Wildman–Crippen LogP) is 2.94. The van der Waals surface area contributed by atoms with E-state index in [1.54, 1.807) is 36.5 Å². The van der Waals surface area contributed by atoms with Gasteiger partial charge in [-0.3, -0.25) is 9.78 Å². The van der Waals surface area contributed by atoms with Gasteiger partial charge in [-0.2, -0.15) is 4.98 Å². The van der Waals surface area contributed by atoms with Gasteiger partial charge in [-0.15, -0.1) is 0 Å². The third kappa shape index (κ3) is 3.55. The summed E-state index contributed by atoms with van der Waals surface area (Å²) in [5.41, 5.74) is 0.389. The molecule has 3 aromatic rings. The third-order valence-electron chi connectivity index (χ3n) is 5.21. The van der Waals surface area contributed by atoms with Gasteiger partial charge in [0.1, 0.15) is 0 Å². The molecule has 146 valence electrons. The van der Waals surface area contributed by atoms with E-state index in [-0.39, 0.29) is 5.91 Å². The van der Waals surface area contributed by atoms with Gasteiger partial charge in [0.15, 0.2) is 11.6 Å². The van der Waals surface area contributed by atoms with Crippen LogP contribution in [0.4, 0.5) is 0 Å². The van der Waals surface area contributed by atoms with Gasteiger partial charge in [0, 0.05) is 44.8 Å². The van der Waals surface area contributed by atoms with Crippen LogP contribution < -0.4 is 0 Å². The molecule has 0 saturated carbocycles. The molecule has 4 heterocycles. The Morgan fingerprint density at radius 1 is 1.32 bits per heavy atom. The molecule has 3 aromatic heterocycles. The van der Waals surface area contributed by atoms with Crippen molar-refractivity contribution in [2.24, 2.45) is 0 Å². The highest BCUT2D eigenvalue weighted by Crippen LogP contribution is 2.37. The lowest BCUT2D eigenvalue weighted by atomic mass is 9.76. The summed E-state index contributed by atoms with van der Waals surface area (Å²) in [5, 5.41) is 4.27. The second-order valence-electron chi connectivity index (χ2n) is 6.99. The van der Waals surface area contributed by atoms with Gasteiger partial charge in [-0.25, -0.2) is 0 Å². The molecule has 1 aliphatic rings. The highest BCUT2D eigenvalue weighted by atomic mass is 16.5. The number of rotatable bonds is 6. The van der Waals surface area contributed by atoms with Crippen molar-refractivity contribution in [3.8, 4) is 11.5 Å². The molecule has 0 aromatic carbocycles. The molecule has 1 fully saturated rings. The fourth-order valence-electron chi connectivity index (χ4n) is 3.71. The number of carbonyl (C=O) groups excluding carboxylic acids is 1. The van der Waals surface area contributed by atoms with Gasteiger partial charge in [-0.05, 0) is 43.5 Å². The fraction of sp³-hybridized carbons (Fsp3) is 0.400. The number of furan rings is 1. The molecule has 0 bridgehead atoms. The Morgan fingerprint density at radius 3 is 2.93 bits per heavy atom. The average Bonchev–Trinajstić information content (AvgIpc) is 3.45. The number of hydrogen-bond acceptors (Lipinski definition) is 7. The summed E-state index contributed by atoms with van der Waals surface area (Å²) >= 11 is 0. The fourth-order valence-corrected chi connectivity index (χ4v) is 3.71. The molecule has 8 nitrogen and oxygen atoms in total. The Morgan fingerprint density at radius 2 is 2.18 bits per heavy atom. The zero-order chi connectivity index (χ0) is 19.4. The summed E-state index contributed by atoms with van der Waals surface area (Å²) in [7, 11) is 1.67. The highest BCUT2D eigenvalue weighted by Gasteiger charge is 2.42. The number of ether oxygens (including phenoxy) is 1. The van der Waals surface area contributed by atoms with E-state index in [0.717, 1.165) is 18.4 Å². The van der Waals surface area contributed by atoms with Crippen molar-refractivity contribution < 1.29 is 18.5 Å². The number of aromatic nitrogens is 3. The van der Waals surface area contributed by atoms with Crippen molar-refractivity contribution in [1.82, 2.24) is 20.0 Å². The number of likely N-dealkylation sites (tertiary alicyclic amines) is 1. The van der Waals surface area contributed by atoms with Crippen LogP contribution in [0.25, 0.3) is 11.5 Å². The number of piperidine rings is 1. The van der Waals surface area contributed by atoms with E-state index in [1.807, 2.05) is 12.1 Å². The number of nitrogens with zero attached hydrogens (tertiary/aromatic N) is 4. The first kappa shape index (κ1) is 18.4. The molecule has 0 spiro atoms. The third-order valence-corrected chi connectivity index (χ3v) is 5.21. The summed E-state index contributed by atoms with van der Waals surface area (Å²) in [6.45, 7) is 1.70. The summed E-state index contributed by atoms with van der Waals surface area (Å²) in [5.74, 6) is 1.27. The van der Waals surface area contributed by atoms with Gasteiger partial charge < -0.3 is 18.6 Å². The van der Waals surface area contributed by atoms with Gasteiger partial charge >= 0.3 is 0 Å². The van der Waals surface area contributed by atoms with E-state index >= 15 is 0 Å². The number of hydrogen-bond donors (Lipinski definition) is 0. The normalized spacial score (nSPS) is 19.7. The van der Waals surface area contributed by atoms with Gasteiger partial charge in [0.25, 0.3) is 11.8 Å². The minimum atomic E-state index is -0.425. The van der Waals surface area contributed by atoms with E-state index in [9.17, 15) is 4.79 Å². The van der Waals surface area contributed by atoms with Crippen LogP contribution >= 0.6 is 0 Å². The van der Waals surface area contributed by atoms with E-state index in [4.69, 9.17) is 13.7 Å². The quantitative estimate of drug-likeness (QED) is 0.647. The van der Waals surface area contributed by atoms with Crippen molar-refractivity contribution >= 4 is 5.91 Å². The summed E-state index contributed by atoms with van der Waals surface area (Å²) in [6, 6.07) is 7.05. The first-order valence-corrected chi connectivity index (χ1v) is 9.28. The second-order valence-corrected chi connectivity index (χ2v) is 6.99. The highest BCUT2D eigenvalue weighted by molar-refractivity contribution is 5.91. The van der Waals surface area contributed by atoms with E-state index in [0.29, 0.717) is 43.6 Å². The maximum Gasteiger partial charge on any atom is 0.289 e. The monoisotopic (exact) mass is 382 g/mol. The Hall–Kier alpha value is -3.00. The number of pyridine rings is 1. The van der Waals surface area contributed by atoms with Crippen LogP contribution in [0, 0.1) is 0 Å². The van der Waals surface area contributed by atoms with Crippen LogP contribution in [0.1, 0.15) is 35.6 Å². The lowest BCUT2D eigenvalue weighted by Crippen LogP contribution is -2.49. The molecule has 1 saturated heterocycles. The van der Waals surface area contributed by atoms with E-state index < -0.39 is 5.41 Å². The Balaban J connectivity index is 1.63. The molecule has 28 heavy (non-hydrogen) atoms. The van der Waals surface area contributed by atoms with E-state index in [2.05, 4.69) is 15.1 Å². The molecule has 0 radical (unpaired) electrons. The smallest absolute Gasteiger partial charge is 0.289 e. The Bertz CT molecular complexity index is 909. The summed E-state index contributed by atoms with van der Waals surface area (Å²) in [4.78, 5) is 23.3. The molecule has 0 N–H and O–H groups in total. The number of methoxy groups -OCH3 is 1. The largest absolute Gasteiger partial charge is 0.459 e. The number of carbonyl (C=O) groups is 1. The minimum Gasteiger partial charge on any atom is -0.459 e. The van der Waals surface area contributed by atoms with Gasteiger partial charge in [0.2, 0.25) is 0 Å². The minimum absolute atomic E-state index is 0.121.